The zero-order valence-corrected chi connectivity index (χ0v) is 24.6. The van der Waals surface area contributed by atoms with E-state index in [9.17, 15) is 29.8 Å². The van der Waals surface area contributed by atoms with E-state index in [1.807, 2.05) is 33.7 Å². The monoisotopic (exact) mass is 610 g/mol. The molecule has 2 atom stereocenters. The van der Waals surface area contributed by atoms with Crippen LogP contribution in [0.5, 0.6) is 5.75 Å². The molecule has 41 heavy (non-hydrogen) atoms. The molecule has 0 N–H and O–H groups in total. The van der Waals surface area contributed by atoms with E-state index in [1.54, 1.807) is 38.1 Å². The fourth-order valence-electron chi connectivity index (χ4n) is 4.26. The van der Waals surface area contributed by atoms with Crippen LogP contribution in [-0.2, 0) is 24.0 Å². The number of hydrogen-bond acceptors (Lipinski definition) is 12. The molecule has 1 aliphatic rings. The third-order valence-electron chi connectivity index (χ3n) is 7.03. The van der Waals surface area contributed by atoms with E-state index in [0.717, 1.165) is 30.0 Å². The van der Waals surface area contributed by atoms with E-state index in [1.165, 1.54) is 12.2 Å². The molecule has 0 spiro atoms. The Morgan fingerprint density at radius 2 is 1.71 bits per heavy atom. The molecule has 1 fully saturated rings. The Labute approximate surface area is 245 Å². The molecule has 224 valence electrons. The van der Waals surface area contributed by atoms with Crippen LogP contribution in [0.3, 0.4) is 0 Å². The van der Waals surface area contributed by atoms with Gasteiger partial charge in [-0.1, -0.05) is 59.2 Å². The summed E-state index contributed by atoms with van der Waals surface area (Å²) < 4.78 is 10.9. The molecule has 14 heteroatoms. The Bertz CT molecular complexity index is 1200. The highest BCUT2D eigenvalue weighted by atomic mass is 33.1. The molecule has 0 bridgehead atoms. The van der Waals surface area contributed by atoms with E-state index in [-0.39, 0.29) is 19.0 Å². The van der Waals surface area contributed by atoms with E-state index in [4.69, 9.17) is 9.47 Å². The maximum Gasteiger partial charge on any atom is 0.313 e. The highest BCUT2D eigenvalue weighted by molar-refractivity contribution is 8.77. The van der Waals surface area contributed by atoms with Crippen LogP contribution < -0.4 is 4.74 Å². The second-order valence-corrected chi connectivity index (χ2v) is 12.8. The lowest BCUT2D eigenvalue weighted by molar-refractivity contribution is -0.772. The van der Waals surface area contributed by atoms with Crippen molar-refractivity contribution < 1.29 is 38.9 Å². The van der Waals surface area contributed by atoms with Crippen molar-refractivity contribution in [2.45, 2.75) is 63.5 Å². The summed E-state index contributed by atoms with van der Waals surface area (Å²) in [5.41, 5.74) is -0.614. The van der Waals surface area contributed by atoms with Gasteiger partial charge in [0.15, 0.2) is 0 Å². The minimum atomic E-state index is -1.28. The fraction of sp³-hybridized carbons (Fsp3) is 0.556. The zero-order chi connectivity index (χ0) is 29.8. The third kappa shape index (κ3) is 10.3. The van der Waals surface area contributed by atoms with Crippen molar-refractivity contribution in [2.24, 2.45) is 5.41 Å². The van der Waals surface area contributed by atoms with Gasteiger partial charge in [-0.15, -0.1) is 20.2 Å². The number of esters is 2. The summed E-state index contributed by atoms with van der Waals surface area (Å²) in [6, 6.07) is 10.7. The van der Waals surface area contributed by atoms with Gasteiger partial charge in [0.2, 0.25) is 0 Å². The third-order valence-corrected chi connectivity index (χ3v) is 10.0. The van der Waals surface area contributed by atoms with Gasteiger partial charge in [0.05, 0.1) is 11.3 Å². The second-order valence-electron chi connectivity index (χ2n) is 9.99. The summed E-state index contributed by atoms with van der Waals surface area (Å²) in [6.45, 7) is 1.85. The molecular formula is C27H34N2O10S2. The molecular weight excluding hydrogens is 576 g/mol. The van der Waals surface area contributed by atoms with Crippen LogP contribution >= 0.6 is 21.6 Å². The summed E-state index contributed by atoms with van der Waals surface area (Å²) in [4.78, 5) is 55.4. The van der Waals surface area contributed by atoms with Gasteiger partial charge in [-0.2, -0.15) is 0 Å². The van der Waals surface area contributed by atoms with Crippen molar-refractivity contribution in [3.8, 4) is 5.75 Å². The van der Waals surface area contributed by atoms with Gasteiger partial charge in [-0.05, 0) is 61.1 Å². The summed E-state index contributed by atoms with van der Waals surface area (Å²) in [6.07, 6.45) is 4.71. The van der Waals surface area contributed by atoms with E-state index in [0.29, 0.717) is 23.0 Å². The van der Waals surface area contributed by atoms with Gasteiger partial charge in [-0.25, -0.2) is 0 Å². The lowest BCUT2D eigenvalue weighted by atomic mass is 9.88. The van der Waals surface area contributed by atoms with Crippen LogP contribution in [0.2, 0.25) is 0 Å². The molecule has 0 saturated carbocycles. The molecule has 1 heterocycles. The van der Waals surface area contributed by atoms with Crippen molar-refractivity contribution >= 4 is 44.3 Å². The Balaban J connectivity index is 1.56. The van der Waals surface area contributed by atoms with Gasteiger partial charge < -0.3 is 19.1 Å². The number of ether oxygens (including phenoxy) is 2. The Kier molecular flexibility index (Phi) is 12.3. The molecule has 2 aromatic rings. The van der Waals surface area contributed by atoms with Crippen molar-refractivity contribution in [3.05, 3.63) is 62.2 Å². The number of nitrogens with zero attached hydrogens (tertiary/aromatic N) is 2. The van der Waals surface area contributed by atoms with Gasteiger partial charge in [-0.3, -0.25) is 9.59 Å². The van der Waals surface area contributed by atoms with Crippen LogP contribution in [0.1, 0.15) is 63.9 Å². The van der Waals surface area contributed by atoms with Crippen LogP contribution in [-0.4, -0.2) is 52.9 Å². The van der Waals surface area contributed by atoms with Crippen molar-refractivity contribution in [3.63, 3.8) is 0 Å². The lowest BCUT2D eigenvalue weighted by Gasteiger charge is -2.30. The minimum Gasteiger partial charge on any atom is -0.464 e. The average molecular weight is 611 g/mol. The maximum absolute atomic E-state index is 12.8. The van der Waals surface area contributed by atoms with E-state index >= 15 is 0 Å². The Hall–Kier alpha value is -3.26. The quantitative estimate of drug-likeness (QED) is 0.0521. The van der Waals surface area contributed by atoms with Crippen LogP contribution in [0, 0.1) is 25.6 Å². The Morgan fingerprint density at radius 3 is 2.34 bits per heavy atom. The second kappa shape index (κ2) is 15.7. The first-order chi connectivity index (χ1) is 19.6. The first-order valence-corrected chi connectivity index (χ1v) is 15.7. The summed E-state index contributed by atoms with van der Waals surface area (Å²) >= 11 is 0. The smallest absolute Gasteiger partial charge is 0.313 e. The largest absolute Gasteiger partial charge is 0.464 e. The number of fused-ring (bicyclic) bond motifs is 1. The van der Waals surface area contributed by atoms with E-state index in [2.05, 4.69) is 9.68 Å². The normalized spacial score (nSPS) is 15.7. The average Bonchev–Trinajstić information content (AvgIpc) is 3.48. The molecule has 0 amide bonds. The summed E-state index contributed by atoms with van der Waals surface area (Å²) in [5, 5.41) is 21.7. The number of carbonyl (C=O) groups is 2. The van der Waals surface area contributed by atoms with Gasteiger partial charge in [0, 0.05) is 17.4 Å². The topological polar surface area (TPSA) is 157 Å². The standard InChI is InChI=1S/C27H34N2O10S2/c1-3-27(17-37-28(32)33,18-38-29(34)35)16-36-26(31)19(2)20-8-9-22-15-23(11-10-21(22)14-20)39-25(30)7-5-4-6-24-12-13-40-41-24/h8-11,14-15,19,24H,3-7,12-13,16-18H2,1-2H3/t19-,24+/m0/s1. The molecule has 0 radical (unpaired) electrons. The molecule has 0 aromatic heterocycles. The van der Waals surface area contributed by atoms with Gasteiger partial charge in [0.1, 0.15) is 25.6 Å². The highest BCUT2D eigenvalue weighted by Crippen LogP contribution is 2.40. The van der Waals surface area contributed by atoms with Gasteiger partial charge >= 0.3 is 11.9 Å². The van der Waals surface area contributed by atoms with Crippen molar-refractivity contribution in [1.82, 2.24) is 0 Å². The van der Waals surface area contributed by atoms with E-state index < -0.39 is 40.7 Å². The number of benzene rings is 2. The first kappa shape index (κ1) is 32.3. The highest BCUT2D eigenvalue weighted by Gasteiger charge is 2.34. The zero-order valence-electron chi connectivity index (χ0n) is 23.0. The van der Waals surface area contributed by atoms with Crippen molar-refractivity contribution in [2.75, 3.05) is 25.6 Å². The molecule has 1 saturated heterocycles. The number of rotatable bonds is 17. The molecule has 1 aliphatic heterocycles. The first-order valence-electron chi connectivity index (χ1n) is 13.3. The fourth-order valence-corrected chi connectivity index (χ4v) is 7.29. The predicted octanol–water partition coefficient (Wildman–Crippen LogP) is 5.92. The molecule has 2 aromatic carbocycles. The number of carbonyl (C=O) groups excluding carboxylic acids is 2. The van der Waals surface area contributed by atoms with Crippen molar-refractivity contribution in [1.29, 1.82) is 0 Å². The Morgan fingerprint density at radius 1 is 1.02 bits per heavy atom. The van der Waals surface area contributed by atoms with Crippen LogP contribution in [0.4, 0.5) is 0 Å². The SMILES string of the molecule is CCC(COC(=O)[C@@H](C)c1ccc2cc(OC(=O)CCCC[C@@H]3CCSS3)ccc2c1)(CO[N+](=O)[O-])CO[N+](=O)[O-]. The molecule has 0 aliphatic carbocycles. The maximum atomic E-state index is 12.8. The van der Waals surface area contributed by atoms with Crippen LogP contribution in [0.25, 0.3) is 10.8 Å². The number of hydrogen-bond donors (Lipinski definition) is 0. The molecule has 0 unspecified atom stereocenters. The summed E-state index contributed by atoms with van der Waals surface area (Å²) in [5.74, 6) is 0.0913. The summed E-state index contributed by atoms with van der Waals surface area (Å²) in [7, 11) is 3.86. The lowest BCUT2D eigenvalue weighted by Crippen LogP contribution is -2.39. The minimum absolute atomic E-state index is 0.165. The molecule has 12 nitrogen and oxygen atoms in total. The van der Waals surface area contributed by atoms with Crippen LogP contribution in [0.15, 0.2) is 36.4 Å². The number of unbranched alkanes of at least 4 members (excludes halogenated alkanes) is 1. The molecule has 3 rings (SSSR count). The van der Waals surface area contributed by atoms with Gasteiger partial charge in [0.25, 0.3) is 10.2 Å². The predicted molar refractivity (Wildman–Crippen MR) is 154 cm³/mol.